The smallest absolute Gasteiger partial charge is 0.377 e. The third-order valence-corrected chi connectivity index (χ3v) is 5.87. The SMILES string of the molecule is CO[Si](CCCc1cc(F)c(F)c(F)c1F)(OC)OC. The molecule has 0 heterocycles. The molecule has 1 rings (SSSR count). The van der Waals surface area contributed by atoms with Gasteiger partial charge in [-0.1, -0.05) is 0 Å². The largest absolute Gasteiger partial charge is 0.500 e. The molecule has 0 aromatic heterocycles. The summed E-state index contributed by atoms with van der Waals surface area (Å²) in [5.41, 5.74) is -0.229. The van der Waals surface area contributed by atoms with Gasteiger partial charge in [-0.3, -0.25) is 0 Å². The minimum atomic E-state index is -2.81. The zero-order valence-corrected chi connectivity index (χ0v) is 12.4. The van der Waals surface area contributed by atoms with Crippen LogP contribution >= 0.6 is 0 Å². The van der Waals surface area contributed by atoms with Gasteiger partial charge in [-0.05, 0) is 24.5 Å². The fourth-order valence-corrected chi connectivity index (χ4v) is 3.58. The van der Waals surface area contributed by atoms with Gasteiger partial charge in [0.05, 0.1) is 0 Å². The van der Waals surface area contributed by atoms with E-state index in [0.717, 1.165) is 0 Å². The van der Waals surface area contributed by atoms with Crippen molar-refractivity contribution in [3.05, 3.63) is 34.9 Å². The molecule has 0 aliphatic rings. The van der Waals surface area contributed by atoms with Gasteiger partial charge in [-0.15, -0.1) is 0 Å². The molecule has 0 aliphatic carbocycles. The lowest BCUT2D eigenvalue weighted by molar-refractivity contribution is 0.123. The quantitative estimate of drug-likeness (QED) is 0.335. The Morgan fingerprint density at radius 2 is 1.45 bits per heavy atom. The van der Waals surface area contributed by atoms with Crippen LogP contribution in [0.5, 0.6) is 0 Å². The molecule has 0 N–H and O–H groups in total. The summed E-state index contributed by atoms with van der Waals surface area (Å²) in [6, 6.07) is 1.000. The molecule has 0 unspecified atom stereocenters. The highest BCUT2D eigenvalue weighted by atomic mass is 28.4. The Labute approximate surface area is 115 Å². The van der Waals surface area contributed by atoms with Crippen molar-refractivity contribution in [2.45, 2.75) is 18.9 Å². The maximum Gasteiger partial charge on any atom is 0.500 e. The maximum absolute atomic E-state index is 13.4. The summed E-state index contributed by atoms with van der Waals surface area (Å²) in [5.74, 6) is -6.38. The van der Waals surface area contributed by atoms with Crippen molar-refractivity contribution < 1.29 is 30.8 Å². The first-order chi connectivity index (χ1) is 9.40. The average Bonchev–Trinajstić information content (AvgIpc) is 2.47. The molecule has 0 fully saturated rings. The zero-order chi connectivity index (χ0) is 15.3. The Kier molecular flexibility index (Phi) is 6.12. The number of rotatable bonds is 7. The van der Waals surface area contributed by atoms with Crippen molar-refractivity contribution in [2.75, 3.05) is 21.3 Å². The highest BCUT2D eigenvalue weighted by Gasteiger charge is 2.37. The molecule has 0 atom stereocenters. The first-order valence-electron chi connectivity index (χ1n) is 5.88. The summed E-state index contributed by atoms with van der Waals surface area (Å²) in [4.78, 5) is 0. The molecule has 0 radical (unpaired) electrons. The minimum absolute atomic E-state index is 0.0186. The van der Waals surface area contributed by atoms with Crippen molar-refractivity contribution in [1.29, 1.82) is 0 Å². The van der Waals surface area contributed by atoms with Crippen LogP contribution in [0.1, 0.15) is 12.0 Å². The molecule has 0 bridgehead atoms. The van der Waals surface area contributed by atoms with Crippen LogP contribution in [0.15, 0.2) is 6.07 Å². The minimum Gasteiger partial charge on any atom is -0.377 e. The maximum atomic E-state index is 13.4. The van der Waals surface area contributed by atoms with Gasteiger partial charge >= 0.3 is 8.80 Å². The summed E-state index contributed by atoms with van der Waals surface area (Å²) in [6.07, 6.45) is 0.341. The van der Waals surface area contributed by atoms with E-state index in [0.29, 0.717) is 18.5 Å². The molecule has 3 nitrogen and oxygen atoms in total. The molecule has 114 valence electrons. The van der Waals surface area contributed by atoms with Crippen LogP contribution in [0.25, 0.3) is 0 Å². The third kappa shape index (κ3) is 3.57. The van der Waals surface area contributed by atoms with Crippen LogP contribution < -0.4 is 0 Å². The molecule has 0 aliphatic heterocycles. The Hall–Kier alpha value is -0.963. The average molecular weight is 312 g/mol. The lowest BCUT2D eigenvalue weighted by Crippen LogP contribution is -2.42. The second-order valence-corrected chi connectivity index (χ2v) is 7.20. The molecule has 1 aromatic rings. The van der Waals surface area contributed by atoms with Crippen molar-refractivity contribution in [3.63, 3.8) is 0 Å². The van der Waals surface area contributed by atoms with Gasteiger partial charge in [-0.25, -0.2) is 17.6 Å². The van der Waals surface area contributed by atoms with Gasteiger partial charge in [0.15, 0.2) is 23.3 Å². The Morgan fingerprint density at radius 3 is 1.95 bits per heavy atom. The van der Waals surface area contributed by atoms with Gasteiger partial charge in [0.2, 0.25) is 0 Å². The van der Waals surface area contributed by atoms with Crippen LogP contribution in [-0.4, -0.2) is 30.1 Å². The Morgan fingerprint density at radius 1 is 0.900 bits per heavy atom. The zero-order valence-electron chi connectivity index (χ0n) is 11.4. The van der Waals surface area contributed by atoms with E-state index in [1.54, 1.807) is 0 Å². The van der Waals surface area contributed by atoms with E-state index in [2.05, 4.69) is 0 Å². The van der Waals surface area contributed by atoms with Gasteiger partial charge in [0.1, 0.15) is 0 Å². The number of hydrogen-bond donors (Lipinski definition) is 0. The molecular formula is C12H16F4O3Si. The number of benzene rings is 1. The Bertz CT molecular complexity index is 458. The monoisotopic (exact) mass is 312 g/mol. The highest BCUT2D eigenvalue weighted by Crippen LogP contribution is 2.22. The number of halogens is 4. The van der Waals surface area contributed by atoms with E-state index in [4.69, 9.17) is 13.3 Å². The van der Waals surface area contributed by atoms with E-state index < -0.39 is 32.1 Å². The topological polar surface area (TPSA) is 27.7 Å². The molecular weight excluding hydrogens is 296 g/mol. The molecule has 0 saturated heterocycles. The van der Waals surface area contributed by atoms with Crippen LogP contribution in [0, 0.1) is 23.3 Å². The first kappa shape index (κ1) is 17.1. The van der Waals surface area contributed by atoms with Crippen molar-refractivity contribution in [3.8, 4) is 0 Å². The predicted molar refractivity (Wildman–Crippen MR) is 66.2 cm³/mol. The van der Waals surface area contributed by atoms with E-state index >= 15 is 0 Å². The summed E-state index contributed by atoms with van der Waals surface area (Å²) >= 11 is 0. The molecule has 20 heavy (non-hydrogen) atoms. The van der Waals surface area contributed by atoms with Gasteiger partial charge in [0.25, 0.3) is 0 Å². The second-order valence-electron chi connectivity index (χ2n) is 4.11. The van der Waals surface area contributed by atoms with Crippen LogP contribution in [0.2, 0.25) is 6.04 Å². The lowest BCUT2D eigenvalue weighted by atomic mass is 10.1. The number of aryl methyl sites for hydroxylation is 1. The van der Waals surface area contributed by atoms with E-state index in [1.807, 2.05) is 0 Å². The van der Waals surface area contributed by atoms with Crippen molar-refractivity contribution >= 4 is 8.80 Å². The second kappa shape index (κ2) is 7.16. The molecule has 0 spiro atoms. The van der Waals surface area contributed by atoms with E-state index in [9.17, 15) is 17.6 Å². The standard InChI is InChI=1S/C12H16F4O3Si/c1-17-20(18-2,19-3)6-4-5-8-7-9(13)11(15)12(16)10(8)14/h7H,4-6H2,1-3H3. The third-order valence-electron chi connectivity index (χ3n) is 3.04. The Balaban J connectivity index is 2.76. The fourth-order valence-electron chi connectivity index (χ4n) is 1.86. The summed E-state index contributed by atoms with van der Waals surface area (Å²) in [7, 11) is 1.47. The van der Waals surface area contributed by atoms with Crippen LogP contribution in [0.4, 0.5) is 17.6 Å². The van der Waals surface area contributed by atoms with Gasteiger partial charge in [0, 0.05) is 27.4 Å². The van der Waals surface area contributed by atoms with Gasteiger partial charge in [-0.2, -0.15) is 0 Å². The lowest BCUT2D eigenvalue weighted by Gasteiger charge is -2.24. The van der Waals surface area contributed by atoms with Crippen molar-refractivity contribution in [1.82, 2.24) is 0 Å². The summed E-state index contributed by atoms with van der Waals surface area (Å²) in [6.45, 7) is 0. The highest BCUT2D eigenvalue weighted by molar-refractivity contribution is 6.60. The molecule has 1 aromatic carbocycles. The molecule has 0 amide bonds. The number of hydrogen-bond acceptors (Lipinski definition) is 3. The van der Waals surface area contributed by atoms with Crippen molar-refractivity contribution in [2.24, 2.45) is 0 Å². The first-order valence-corrected chi connectivity index (χ1v) is 7.81. The molecule has 8 heteroatoms. The normalized spacial score (nSPS) is 11.9. The predicted octanol–water partition coefficient (Wildman–Crippen LogP) is 3.05. The molecule has 0 saturated carbocycles. The fraction of sp³-hybridized carbons (Fsp3) is 0.500. The van der Waals surface area contributed by atoms with E-state index in [-0.39, 0.29) is 12.0 Å². The summed E-state index contributed by atoms with van der Waals surface area (Å²) < 4.78 is 67.8. The summed E-state index contributed by atoms with van der Waals surface area (Å²) in [5, 5.41) is 0. The van der Waals surface area contributed by atoms with Gasteiger partial charge < -0.3 is 13.3 Å². The van der Waals surface area contributed by atoms with E-state index in [1.165, 1.54) is 21.3 Å². The van der Waals surface area contributed by atoms with Crippen LogP contribution in [0.3, 0.4) is 0 Å². The van der Waals surface area contributed by atoms with Crippen LogP contribution in [-0.2, 0) is 19.7 Å².